The van der Waals surface area contributed by atoms with Crippen molar-refractivity contribution in [3.8, 4) is 0 Å². The second-order valence-corrected chi connectivity index (χ2v) is 11.3. The summed E-state index contributed by atoms with van der Waals surface area (Å²) < 4.78 is 28.3. The molecule has 0 spiro atoms. The number of allylic oxidation sites excluding steroid dienone is 4. The summed E-state index contributed by atoms with van der Waals surface area (Å²) in [5.74, 6) is -0.237. The van der Waals surface area contributed by atoms with Gasteiger partial charge in [0.25, 0.3) is 0 Å². The van der Waals surface area contributed by atoms with Crippen LogP contribution in [0, 0.1) is 6.92 Å². The smallest absolute Gasteiger partial charge is 0.466 e. The highest BCUT2D eigenvalue weighted by atomic mass is 16.7. The third-order valence-electron chi connectivity index (χ3n) is 7.19. The highest BCUT2D eigenvalue weighted by molar-refractivity contribution is 5.69. The van der Waals surface area contributed by atoms with Gasteiger partial charge in [-0.25, -0.2) is 4.79 Å². The summed E-state index contributed by atoms with van der Waals surface area (Å²) in [6.45, 7) is 14.1. The van der Waals surface area contributed by atoms with Gasteiger partial charge in [-0.3, -0.25) is 4.79 Å². The molecule has 0 rings (SSSR count). The quantitative estimate of drug-likeness (QED) is 0.0327. The third kappa shape index (κ3) is 28.8. The minimum absolute atomic E-state index is 0.210. The molecule has 1 radical (unpaired) electrons. The molecule has 0 aliphatic carbocycles. The Morgan fingerprint density at radius 2 is 1.30 bits per heavy atom. The summed E-state index contributed by atoms with van der Waals surface area (Å²) in [4.78, 5) is 26.7. The van der Waals surface area contributed by atoms with Crippen LogP contribution in [0.4, 0.5) is 4.79 Å². The van der Waals surface area contributed by atoms with Gasteiger partial charge in [0.15, 0.2) is 6.29 Å². The first-order valence-corrected chi connectivity index (χ1v) is 17.5. The van der Waals surface area contributed by atoms with E-state index in [0.717, 1.165) is 96.6 Å². The highest BCUT2D eigenvalue weighted by Crippen LogP contribution is 2.15. The van der Waals surface area contributed by atoms with Crippen molar-refractivity contribution in [1.82, 2.24) is 4.90 Å². The molecule has 0 aliphatic heterocycles. The normalized spacial score (nSPS) is 12.5. The molecule has 0 amide bonds. The minimum Gasteiger partial charge on any atom is -0.466 e. The standard InChI is InChI=1S/C36H66NO7/c1-6-10-13-15-17-20-30-41-35(42-31-21-18-16-14-11-7-2)27-26-34(38)40-29-22-19-25-33(24-12-8-3)44-36(39)43-32-23-28-37(5)9-4/h10-11,13-14,33,35H,3,6-9,12,15-32H2,1-2,4-5H3/b13-10-,14-11-. The SMILES string of the molecule is [CH2]CCCC(CCCCOC(=O)CCC(OCCCC/C=C\CC)OCCCC/C=C\CC)OC(=O)OCCCN(C)CC. The number of rotatable bonds is 31. The van der Waals surface area contributed by atoms with Crippen LogP contribution in [0.1, 0.15) is 130 Å². The van der Waals surface area contributed by atoms with Crippen LogP contribution in [0.5, 0.6) is 0 Å². The molecule has 0 aromatic rings. The van der Waals surface area contributed by atoms with Crippen molar-refractivity contribution in [2.24, 2.45) is 0 Å². The van der Waals surface area contributed by atoms with Gasteiger partial charge in [-0.1, -0.05) is 58.4 Å². The lowest BCUT2D eigenvalue weighted by Crippen LogP contribution is -2.23. The first kappa shape index (κ1) is 42.1. The Labute approximate surface area is 270 Å². The van der Waals surface area contributed by atoms with Gasteiger partial charge in [-0.2, -0.15) is 0 Å². The molecule has 0 saturated carbocycles. The van der Waals surface area contributed by atoms with Crippen molar-refractivity contribution in [2.75, 3.05) is 46.6 Å². The third-order valence-corrected chi connectivity index (χ3v) is 7.19. The van der Waals surface area contributed by atoms with Crippen molar-refractivity contribution in [3.63, 3.8) is 0 Å². The Morgan fingerprint density at radius 1 is 0.705 bits per heavy atom. The highest BCUT2D eigenvalue weighted by Gasteiger charge is 2.16. The fourth-order valence-corrected chi connectivity index (χ4v) is 4.36. The van der Waals surface area contributed by atoms with Crippen molar-refractivity contribution < 1.29 is 33.3 Å². The van der Waals surface area contributed by atoms with Crippen LogP contribution < -0.4 is 0 Å². The Hall–Kier alpha value is -1.90. The molecule has 0 aromatic heterocycles. The maximum absolute atomic E-state index is 12.4. The van der Waals surface area contributed by atoms with Gasteiger partial charge in [0.1, 0.15) is 6.10 Å². The Balaban J connectivity index is 4.36. The number of carbonyl (C=O) groups is 2. The Bertz CT molecular complexity index is 689. The second kappa shape index (κ2) is 32.5. The summed E-state index contributed by atoms with van der Waals surface area (Å²) in [5, 5.41) is 0. The second-order valence-electron chi connectivity index (χ2n) is 11.3. The zero-order valence-electron chi connectivity index (χ0n) is 28.7. The molecule has 0 aliphatic rings. The molecule has 8 heteroatoms. The lowest BCUT2D eigenvalue weighted by Gasteiger charge is -2.19. The largest absolute Gasteiger partial charge is 0.508 e. The minimum atomic E-state index is -0.606. The summed E-state index contributed by atoms with van der Waals surface area (Å²) in [5.41, 5.74) is 0. The van der Waals surface area contributed by atoms with E-state index in [4.69, 9.17) is 23.7 Å². The predicted molar refractivity (Wildman–Crippen MR) is 180 cm³/mol. The van der Waals surface area contributed by atoms with Crippen molar-refractivity contribution in [2.45, 2.75) is 142 Å². The molecule has 8 nitrogen and oxygen atoms in total. The van der Waals surface area contributed by atoms with Gasteiger partial charge in [-0.05, 0) is 103 Å². The maximum Gasteiger partial charge on any atom is 0.508 e. The van der Waals surface area contributed by atoms with E-state index in [2.05, 4.69) is 56.9 Å². The van der Waals surface area contributed by atoms with E-state index in [1.54, 1.807) is 0 Å². The van der Waals surface area contributed by atoms with Crippen LogP contribution >= 0.6 is 0 Å². The van der Waals surface area contributed by atoms with Crippen molar-refractivity contribution >= 4 is 12.1 Å². The van der Waals surface area contributed by atoms with E-state index >= 15 is 0 Å². The number of unbranched alkanes of at least 4 members (excludes halogenated alkanes) is 6. The first-order valence-electron chi connectivity index (χ1n) is 17.5. The number of carbonyl (C=O) groups excluding carboxylic acids is 2. The average Bonchev–Trinajstić information content (AvgIpc) is 3.02. The molecule has 0 bridgehead atoms. The average molecular weight is 625 g/mol. The van der Waals surface area contributed by atoms with Crippen LogP contribution in [0.25, 0.3) is 0 Å². The molecule has 0 heterocycles. The molecule has 0 aromatic carbocycles. The van der Waals surface area contributed by atoms with Crippen molar-refractivity contribution in [3.05, 3.63) is 31.2 Å². The molecule has 0 N–H and O–H groups in total. The first-order chi connectivity index (χ1) is 21.5. The molecule has 44 heavy (non-hydrogen) atoms. The van der Waals surface area contributed by atoms with Crippen LogP contribution in [0.2, 0.25) is 0 Å². The molecule has 0 saturated heterocycles. The lowest BCUT2D eigenvalue weighted by atomic mass is 10.1. The van der Waals surface area contributed by atoms with E-state index in [-0.39, 0.29) is 18.5 Å². The van der Waals surface area contributed by atoms with Gasteiger partial charge in [0, 0.05) is 26.2 Å². The molecule has 257 valence electrons. The molecule has 1 unspecified atom stereocenters. The number of ether oxygens (including phenoxy) is 5. The van der Waals surface area contributed by atoms with Crippen LogP contribution in [-0.4, -0.2) is 76.0 Å². The van der Waals surface area contributed by atoms with Gasteiger partial charge in [0.05, 0.1) is 19.6 Å². The number of nitrogens with zero attached hydrogens (tertiary/aromatic N) is 1. The monoisotopic (exact) mass is 624 g/mol. The van der Waals surface area contributed by atoms with Crippen LogP contribution in [-0.2, 0) is 28.5 Å². The number of hydrogen-bond acceptors (Lipinski definition) is 8. The van der Waals surface area contributed by atoms with E-state index in [1.807, 2.05) is 7.05 Å². The molecular formula is C36H66NO7. The number of esters is 1. The number of hydrogen-bond donors (Lipinski definition) is 0. The summed E-state index contributed by atoms with van der Waals surface area (Å²) in [6.07, 6.45) is 22.1. The lowest BCUT2D eigenvalue weighted by molar-refractivity contribution is -0.159. The van der Waals surface area contributed by atoms with Crippen molar-refractivity contribution in [1.29, 1.82) is 0 Å². The summed E-state index contributed by atoms with van der Waals surface area (Å²) in [7, 11) is 2.04. The van der Waals surface area contributed by atoms with Gasteiger partial charge < -0.3 is 28.6 Å². The molecule has 1 atom stereocenters. The predicted octanol–water partition coefficient (Wildman–Crippen LogP) is 8.98. The Kier molecular flexibility index (Phi) is 31.1. The Morgan fingerprint density at radius 3 is 1.89 bits per heavy atom. The summed E-state index contributed by atoms with van der Waals surface area (Å²) >= 11 is 0. The molecule has 0 fully saturated rings. The van der Waals surface area contributed by atoms with E-state index in [1.165, 1.54) is 0 Å². The van der Waals surface area contributed by atoms with Gasteiger partial charge in [-0.15, -0.1) is 0 Å². The molecular weight excluding hydrogens is 558 g/mol. The topological polar surface area (TPSA) is 83.5 Å². The van der Waals surface area contributed by atoms with Crippen LogP contribution in [0.3, 0.4) is 0 Å². The van der Waals surface area contributed by atoms with E-state index < -0.39 is 12.4 Å². The zero-order valence-corrected chi connectivity index (χ0v) is 28.7. The van der Waals surface area contributed by atoms with E-state index in [0.29, 0.717) is 45.7 Å². The summed E-state index contributed by atoms with van der Waals surface area (Å²) in [6, 6.07) is 0. The van der Waals surface area contributed by atoms with Gasteiger partial charge >= 0.3 is 12.1 Å². The maximum atomic E-state index is 12.4. The van der Waals surface area contributed by atoms with Crippen LogP contribution in [0.15, 0.2) is 24.3 Å². The van der Waals surface area contributed by atoms with Gasteiger partial charge in [0.2, 0.25) is 0 Å². The zero-order chi connectivity index (χ0) is 32.5. The fraction of sp³-hybridized carbons (Fsp3) is 0.806. The van der Waals surface area contributed by atoms with E-state index in [9.17, 15) is 9.59 Å². The fourth-order valence-electron chi connectivity index (χ4n) is 4.36.